The molecule has 0 saturated carbocycles. The maximum Gasteiger partial charge on any atom is 0.246 e. The zero-order valence-corrected chi connectivity index (χ0v) is 17.2. The summed E-state index contributed by atoms with van der Waals surface area (Å²) in [6.07, 6.45) is 5.72. The van der Waals surface area contributed by atoms with Crippen molar-refractivity contribution >= 4 is 22.7 Å². The Morgan fingerprint density at radius 1 is 1.03 bits per heavy atom. The minimum atomic E-state index is -0.120. The van der Waals surface area contributed by atoms with Crippen LogP contribution in [0.1, 0.15) is 55.8 Å². The predicted octanol–water partition coefficient (Wildman–Crippen LogP) is 5.05. The Hall–Kier alpha value is -3.08. The normalized spacial score (nSPS) is 16.5. The van der Waals surface area contributed by atoms with Gasteiger partial charge in [-0.15, -0.1) is 0 Å². The standard InChI is InChI=1S/C24H26N4O/c1-4-17(5-2)24(29)28-23(15-21(27-28)18-8-6-16(3)7-9-18)19-10-11-20-22(14-19)26-13-12-25-20/h6-14,17,23H,4-5,15H2,1-3H3. The molecule has 0 fully saturated rings. The third-order valence-electron chi connectivity index (χ3n) is 5.73. The number of benzene rings is 2. The fourth-order valence-electron chi connectivity index (χ4n) is 3.91. The first-order chi connectivity index (χ1) is 14.1. The number of carbonyl (C=O) groups is 1. The number of hydrazone groups is 1. The zero-order valence-electron chi connectivity index (χ0n) is 17.2. The molecule has 0 N–H and O–H groups in total. The average molecular weight is 386 g/mol. The van der Waals surface area contributed by atoms with Crippen LogP contribution >= 0.6 is 0 Å². The highest BCUT2D eigenvalue weighted by Gasteiger charge is 2.35. The Morgan fingerprint density at radius 3 is 2.41 bits per heavy atom. The average Bonchev–Trinajstić information content (AvgIpc) is 3.20. The number of hydrogen-bond donors (Lipinski definition) is 0. The van der Waals surface area contributed by atoms with Crippen LogP contribution in [-0.4, -0.2) is 26.6 Å². The van der Waals surface area contributed by atoms with Crippen LogP contribution in [0.5, 0.6) is 0 Å². The summed E-state index contributed by atoms with van der Waals surface area (Å²) in [4.78, 5) is 22.1. The lowest BCUT2D eigenvalue weighted by Gasteiger charge is -2.25. The zero-order chi connectivity index (χ0) is 20.4. The number of nitrogens with zero attached hydrogens (tertiary/aromatic N) is 4. The highest BCUT2D eigenvalue weighted by molar-refractivity contribution is 6.03. The molecule has 0 spiro atoms. The van der Waals surface area contributed by atoms with Crippen LogP contribution in [0.2, 0.25) is 0 Å². The summed E-state index contributed by atoms with van der Waals surface area (Å²) < 4.78 is 0. The molecular weight excluding hydrogens is 360 g/mol. The lowest BCUT2D eigenvalue weighted by atomic mass is 9.96. The van der Waals surface area contributed by atoms with Crippen molar-refractivity contribution in [1.82, 2.24) is 15.0 Å². The van der Waals surface area contributed by atoms with Crippen molar-refractivity contribution in [2.24, 2.45) is 11.0 Å². The number of aromatic nitrogens is 2. The Bertz CT molecular complexity index is 1050. The molecule has 1 atom stereocenters. The van der Waals surface area contributed by atoms with Crippen molar-refractivity contribution in [2.45, 2.75) is 46.1 Å². The number of rotatable bonds is 5. The van der Waals surface area contributed by atoms with Crippen LogP contribution in [-0.2, 0) is 4.79 Å². The van der Waals surface area contributed by atoms with Gasteiger partial charge in [-0.25, -0.2) is 5.01 Å². The van der Waals surface area contributed by atoms with E-state index in [0.717, 1.165) is 40.7 Å². The minimum absolute atomic E-state index is 0.0149. The second kappa shape index (κ2) is 8.11. The molecule has 1 aliphatic heterocycles. The van der Waals surface area contributed by atoms with Gasteiger partial charge in [-0.1, -0.05) is 49.7 Å². The van der Waals surface area contributed by atoms with Crippen molar-refractivity contribution < 1.29 is 4.79 Å². The number of hydrogen-bond acceptors (Lipinski definition) is 4. The molecule has 1 unspecified atom stereocenters. The van der Waals surface area contributed by atoms with E-state index in [1.54, 1.807) is 17.4 Å². The molecule has 1 aliphatic rings. The lowest BCUT2D eigenvalue weighted by Crippen LogP contribution is -2.32. The van der Waals surface area contributed by atoms with Crippen LogP contribution in [0, 0.1) is 12.8 Å². The van der Waals surface area contributed by atoms with Gasteiger partial charge < -0.3 is 0 Å². The largest absolute Gasteiger partial charge is 0.273 e. The molecule has 148 valence electrons. The summed E-state index contributed by atoms with van der Waals surface area (Å²) in [7, 11) is 0. The molecule has 4 rings (SSSR count). The van der Waals surface area contributed by atoms with E-state index in [1.165, 1.54) is 5.56 Å². The van der Waals surface area contributed by atoms with Crippen molar-refractivity contribution in [3.05, 3.63) is 71.5 Å². The van der Waals surface area contributed by atoms with Crippen molar-refractivity contribution in [3.8, 4) is 0 Å². The highest BCUT2D eigenvalue weighted by Crippen LogP contribution is 2.35. The van der Waals surface area contributed by atoms with Crippen LogP contribution in [0.4, 0.5) is 0 Å². The monoisotopic (exact) mass is 386 g/mol. The van der Waals surface area contributed by atoms with Gasteiger partial charge in [-0.05, 0) is 43.0 Å². The topological polar surface area (TPSA) is 58.5 Å². The van der Waals surface area contributed by atoms with Crippen molar-refractivity contribution in [3.63, 3.8) is 0 Å². The van der Waals surface area contributed by atoms with Gasteiger partial charge in [-0.2, -0.15) is 5.10 Å². The molecule has 29 heavy (non-hydrogen) atoms. The summed E-state index contributed by atoms with van der Waals surface area (Å²) in [6, 6.07) is 14.3. The Morgan fingerprint density at radius 2 is 1.72 bits per heavy atom. The van der Waals surface area contributed by atoms with Gasteiger partial charge >= 0.3 is 0 Å². The van der Waals surface area contributed by atoms with Crippen molar-refractivity contribution in [1.29, 1.82) is 0 Å². The third-order valence-corrected chi connectivity index (χ3v) is 5.73. The fraction of sp³-hybridized carbons (Fsp3) is 0.333. The van der Waals surface area contributed by atoms with E-state index in [-0.39, 0.29) is 17.9 Å². The fourth-order valence-corrected chi connectivity index (χ4v) is 3.91. The van der Waals surface area contributed by atoms with E-state index >= 15 is 0 Å². The van der Waals surface area contributed by atoms with Crippen LogP contribution in [0.15, 0.2) is 60.0 Å². The minimum Gasteiger partial charge on any atom is -0.273 e. The lowest BCUT2D eigenvalue weighted by molar-refractivity contribution is -0.137. The second-order valence-corrected chi connectivity index (χ2v) is 7.63. The number of aryl methyl sites for hydroxylation is 1. The van der Waals surface area contributed by atoms with Gasteiger partial charge in [0.2, 0.25) is 5.91 Å². The van der Waals surface area contributed by atoms with Crippen molar-refractivity contribution in [2.75, 3.05) is 0 Å². The van der Waals surface area contributed by atoms with Gasteiger partial charge in [0.15, 0.2) is 0 Å². The SMILES string of the molecule is CCC(CC)C(=O)N1N=C(c2ccc(C)cc2)CC1c1ccc2nccnc2c1. The molecule has 1 aromatic heterocycles. The molecule has 5 nitrogen and oxygen atoms in total. The molecule has 5 heteroatoms. The van der Waals surface area contributed by atoms with Crippen LogP contribution in [0.25, 0.3) is 11.0 Å². The molecule has 2 aromatic carbocycles. The Labute approximate surface area is 171 Å². The molecule has 0 aliphatic carbocycles. The summed E-state index contributed by atoms with van der Waals surface area (Å²) in [5.74, 6) is 0.0835. The van der Waals surface area contributed by atoms with E-state index in [9.17, 15) is 4.79 Å². The van der Waals surface area contributed by atoms with E-state index in [0.29, 0.717) is 6.42 Å². The number of amides is 1. The molecule has 2 heterocycles. The van der Waals surface area contributed by atoms with Gasteiger partial charge in [-0.3, -0.25) is 14.8 Å². The smallest absolute Gasteiger partial charge is 0.246 e. The van der Waals surface area contributed by atoms with E-state index in [2.05, 4.69) is 55.0 Å². The maximum atomic E-state index is 13.3. The van der Waals surface area contributed by atoms with Gasteiger partial charge in [0.1, 0.15) is 0 Å². The highest BCUT2D eigenvalue weighted by atomic mass is 16.2. The first-order valence-corrected chi connectivity index (χ1v) is 10.3. The second-order valence-electron chi connectivity index (χ2n) is 7.63. The molecule has 0 radical (unpaired) electrons. The van der Waals surface area contributed by atoms with Gasteiger partial charge in [0, 0.05) is 24.7 Å². The number of carbonyl (C=O) groups excluding carboxylic acids is 1. The molecular formula is C24H26N4O. The molecule has 3 aromatic rings. The maximum absolute atomic E-state index is 13.3. The van der Waals surface area contributed by atoms with Crippen LogP contribution in [0.3, 0.4) is 0 Å². The van der Waals surface area contributed by atoms with E-state index in [4.69, 9.17) is 5.10 Å². The Balaban J connectivity index is 1.73. The molecule has 0 bridgehead atoms. The summed E-state index contributed by atoms with van der Waals surface area (Å²) in [6.45, 7) is 6.20. The Kier molecular flexibility index (Phi) is 5.38. The third kappa shape index (κ3) is 3.77. The summed E-state index contributed by atoms with van der Waals surface area (Å²) >= 11 is 0. The predicted molar refractivity (Wildman–Crippen MR) is 116 cm³/mol. The summed E-state index contributed by atoms with van der Waals surface area (Å²) in [5, 5.41) is 6.52. The van der Waals surface area contributed by atoms with Crippen LogP contribution < -0.4 is 0 Å². The first-order valence-electron chi connectivity index (χ1n) is 10.3. The van der Waals surface area contributed by atoms with Gasteiger partial charge in [0.05, 0.1) is 22.8 Å². The van der Waals surface area contributed by atoms with E-state index in [1.807, 2.05) is 18.2 Å². The summed E-state index contributed by atoms with van der Waals surface area (Å²) in [5.41, 5.74) is 5.97. The first kappa shape index (κ1) is 19.2. The molecule has 1 amide bonds. The number of fused-ring (bicyclic) bond motifs is 1. The quantitative estimate of drug-likeness (QED) is 0.616. The van der Waals surface area contributed by atoms with E-state index < -0.39 is 0 Å². The molecule has 0 saturated heterocycles. The van der Waals surface area contributed by atoms with Gasteiger partial charge in [0.25, 0.3) is 0 Å².